The second kappa shape index (κ2) is 9.07. The molecule has 0 atom stereocenters. The van der Waals surface area contributed by atoms with Crippen LogP contribution < -0.4 is 20.3 Å². The predicted octanol–water partition coefficient (Wildman–Crippen LogP) is 3.69. The van der Waals surface area contributed by atoms with Crippen molar-refractivity contribution in [2.24, 2.45) is 7.05 Å². The number of amides is 2. The summed E-state index contributed by atoms with van der Waals surface area (Å²) in [6, 6.07) is 9.42. The summed E-state index contributed by atoms with van der Waals surface area (Å²) in [5.74, 6) is -0.258. The molecule has 0 radical (unpaired) electrons. The number of methoxy groups -OCH3 is 2. The van der Waals surface area contributed by atoms with Crippen LogP contribution in [0, 0.1) is 0 Å². The van der Waals surface area contributed by atoms with E-state index >= 15 is 0 Å². The van der Waals surface area contributed by atoms with Crippen molar-refractivity contribution in [3.05, 3.63) is 54.6 Å². The number of fused-ring (bicyclic) bond motifs is 1. The van der Waals surface area contributed by atoms with Gasteiger partial charge in [-0.2, -0.15) is 5.10 Å². The van der Waals surface area contributed by atoms with Crippen LogP contribution in [-0.2, 0) is 11.8 Å². The van der Waals surface area contributed by atoms with Crippen molar-refractivity contribution < 1.29 is 23.5 Å². The fourth-order valence-electron chi connectivity index (χ4n) is 3.57. The Morgan fingerprint density at radius 2 is 1.76 bits per heavy atom. The van der Waals surface area contributed by atoms with Crippen LogP contribution in [0.2, 0.25) is 0 Å². The monoisotopic (exact) mass is 448 g/mol. The van der Waals surface area contributed by atoms with Crippen LogP contribution >= 0.6 is 0 Å². The molecule has 0 aliphatic carbocycles. The van der Waals surface area contributed by atoms with Crippen molar-refractivity contribution in [2.45, 2.75) is 13.3 Å². The zero-order valence-corrected chi connectivity index (χ0v) is 18.8. The number of ether oxygens (including phenoxy) is 2. The smallest absolute Gasteiger partial charge is 0.277 e. The highest BCUT2D eigenvalue weighted by Gasteiger charge is 2.22. The average molecular weight is 448 g/mol. The molecule has 2 heterocycles. The molecule has 0 spiro atoms. The number of aryl methyl sites for hydroxylation is 1. The van der Waals surface area contributed by atoms with Gasteiger partial charge in [0, 0.05) is 36.2 Å². The summed E-state index contributed by atoms with van der Waals surface area (Å²) >= 11 is 0. The lowest BCUT2D eigenvalue weighted by molar-refractivity contribution is -0.121. The van der Waals surface area contributed by atoms with Gasteiger partial charge in [0.2, 0.25) is 5.91 Å². The third kappa shape index (κ3) is 4.25. The molecule has 2 aromatic heterocycles. The molecule has 0 saturated carbocycles. The zero-order chi connectivity index (χ0) is 23.5. The number of hydrogen-bond donors (Lipinski definition) is 2. The highest BCUT2D eigenvalue weighted by Crippen LogP contribution is 2.39. The van der Waals surface area contributed by atoms with Gasteiger partial charge in [0.1, 0.15) is 22.6 Å². The van der Waals surface area contributed by atoms with E-state index in [9.17, 15) is 9.59 Å². The summed E-state index contributed by atoms with van der Waals surface area (Å²) in [4.78, 5) is 24.2. The van der Waals surface area contributed by atoms with E-state index in [0.717, 1.165) is 27.6 Å². The third-order valence-electron chi connectivity index (χ3n) is 5.29. The Kier molecular flexibility index (Phi) is 6.03. The highest BCUT2D eigenvalue weighted by atomic mass is 16.5. The van der Waals surface area contributed by atoms with Crippen molar-refractivity contribution >= 4 is 22.8 Å². The van der Waals surface area contributed by atoms with E-state index < -0.39 is 5.91 Å². The molecule has 9 nitrogen and oxygen atoms in total. The quantitative estimate of drug-likeness (QED) is 0.436. The minimum absolute atomic E-state index is 0.173. The van der Waals surface area contributed by atoms with E-state index in [4.69, 9.17) is 13.9 Å². The zero-order valence-electron chi connectivity index (χ0n) is 18.8. The number of rotatable bonds is 6. The van der Waals surface area contributed by atoms with Crippen LogP contribution in [0.4, 0.5) is 0 Å². The van der Waals surface area contributed by atoms with E-state index in [0.29, 0.717) is 17.1 Å². The third-order valence-corrected chi connectivity index (χ3v) is 5.29. The number of carbonyl (C=O) groups is 2. The van der Waals surface area contributed by atoms with Crippen LogP contribution in [0.5, 0.6) is 11.5 Å². The lowest BCUT2D eigenvalue weighted by Gasteiger charge is -2.15. The van der Waals surface area contributed by atoms with E-state index in [-0.39, 0.29) is 17.9 Å². The van der Waals surface area contributed by atoms with Gasteiger partial charge in [-0.25, -0.2) is 0 Å². The van der Waals surface area contributed by atoms with Gasteiger partial charge in [-0.05, 0) is 35.4 Å². The Morgan fingerprint density at radius 1 is 1.03 bits per heavy atom. The van der Waals surface area contributed by atoms with Gasteiger partial charge in [-0.15, -0.1) is 0 Å². The van der Waals surface area contributed by atoms with Crippen molar-refractivity contribution in [3.8, 4) is 33.8 Å². The van der Waals surface area contributed by atoms with Gasteiger partial charge < -0.3 is 13.9 Å². The number of hydrogen-bond acceptors (Lipinski definition) is 6. The van der Waals surface area contributed by atoms with E-state index in [2.05, 4.69) is 16.0 Å². The molecule has 9 heteroatoms. The number of carbonyl (C=O) groups excluding carboxylic acids is 2. The topological polar surface area (TPSA) is 108 Å². The average Bonchev–Trinajstić information content (AvgIpc) is 3.47. The minimum atomic E-state index is -0.546. The highest BCUT2D eigenvalue weighted by molar-refractivity contribution is 6.03. The minimum Gasteiger partial charge on any atom is -0.496 e. The van der Waals surface area contributed by atoms with Crippen LogP contribution in [0.15, 0.2) is 53.4 Å². The second-order valence-corrected chi connectivity index (χ2v) is 7.37. The molecule has 0 aliphatic heterocycles. The molecule has 0 bridgehead atoms. The number of hydrazine groups is 1. The summed E-state index contributed by atoms with van der Waals surface area (Å²) in [6.45, 7) is 1.69. The summed E-state index contributed by atoms with van der Waals surface area (Å²) in [7, 11) is 4.80. The van der Waals surface area contributed by atoms with Crippen molar-refractivity contribution in [3.63, 3.8) is 0 Å². The maximum absolute atomic E-state index is 12.7. The van der Waals surface area contributed by atoms with Crippen LogP contribution in [0.1, 0.15) is 23.7 Å². The SMILES string of the molecule is CCC(=O)NNC(=O)c1c(OC)cc(-c2coc3cc(-c4cnn(C)c4)ccc23)cc1OC. The first-order valence-corrected chi connectivity index (χ1v) is 10.3. The summed E-state index contributed by atoms with van der Waals surface area (Å²) in [5, 5.41) is 5.12. The first-order valence-electron chi connectivity index (χ1n) is 10.3. The summed E-state index contributed by atoms with van der Waals surface area (Å²) in [5.41, 5.74) is 9.19. The molecule has 33 heavy (non-hydrogen) atoms. The van der Waals surface area contributed by atoms with Crippen LogP contribution in [0.25, 0.3) is 33.2 Å². The molecule has 2 aromatic carbocycles. The first kappa shape index (κ1) is 21.9. The molecule has 170 valence electrons. The van der Waals surface area contributed by atoms with Crippen molar-refractivity contribution in [1.29, 1.82) is 0 Å². The molecular weight excluding hydrogens is 424 g/mol. The van der Waals surface area contributed by atoms with Gasteiger partial charge in [0.15, 0.2) is 0 Å². The number of aromatic nitrogens is 2. The molecule has 0 unspecified atom stereocenters. The van der Waals surface area contributed by atoms with Gasteiger partial charge in [0.05, 0.1) is 26.7 Å². The summed E-state index contributed by atoms with van der Waals surface area (Å²) in [6.07, 6.45) is 5.64. The lowest BCUT2D eigenvalue weighted by atomic mass is 9.99. The van der Waals surface area contributed by atoms with Crippen LogP contribution in [-0.4, -0.2) is 35.8 Å². The molecule has 4 rings (SSSR count). The van der Waals surface area contributed by atoms with Crippen LogP contribution in [0.3, 0.4) is 0 Å². The Balaban J connectivity index is 1.73. The lowest BCUT2D eigenvalue weighted by Crippen LogP contribution is -2.41. The van der Waals surface area contributed by atoms with Gasteiger partial charge in [-0.3, -0.25) is 25.1 Å². The molecule has 2 amide bonds. The molecular formula is C24H24N4O5. The largest absolute Gasteiger partial charge is 0.496 e. The summed E-state index contributed by atoms with van der Waals surface area (Å²) < 4.78 is 18.5. The number of nitrogens with zero attached hydrogens (tertiary/aromatic N) is 2. The molecule has 2 N–H and O–H groups in total. The first-order chi connectivity index (χ1) is 15.9. The fourth-order valence-corrected chi connectivity index (χ4v) is 3.57. The molecule has 0 fully saturated rings. The fraction of sp³-hybridized carbons (Fsp3) is 0.208. The van der Waals surface area contributed by atoms with Gasteiger partial charge in [0.25, 0.3) is 5.91 Å². The molecule has 4 aromatic rings. The maximum Gasteiger partial charge on any atom is 0.277 e. The Hall–Kier alpha value is -4.27. The predicted molar refractivity (Wildman–Crippen MR) is 123 cm³/mol. The number of benzene rings is 2. The Bertz CT molecular complexity index is 1310. The maximum atomic E-state index is 12.7. The Labute approximate surface area is 190 Å². The van der Waals surface area contributed by atoms with E-state index in [1.165, 1.54) is 14.2 Å². The van der Waals surface area contributed by atoms with E-state index in [1.807, 2.05) is 31.4 Å². The van der Waals surface area contributed by atoms with Gasteiger partial charge in [-0.1, -0.05) is 13.0 Å². The standard InChI is InChI=1S/C24H24N4O5/c1-5-22(29)26-27-24(30)23-20(31-3)9-15(10-21(23)32-4)18-13-33-19-8-14(6-7-17(18)19)16-11-25-28(2)12-16/h6-13H,5H2,1-4H3,(H,26,29)(H,27,30). The second-order valence-electron chi connectivity index (χ2n) is 7.37. The van der Waals surface area contributed by atoms with Crippen molar-refractivity contribution in [2.75, 3.05) is 14.2 Å². The van der Waals surface area contributed by atoms with Crippen molar-refractivity contribution in [1.82, 2.24) is 20.6 Å². The normalized spacial score (nSPS) is 10.8. The molecule has 0 saturated heterocycles. The number of nitrogens with one attached hydrogen (secondary N) is 2. The number of furan rings is 1. The Morgan fingerprint density at radius 3 is 2.36 bits per heavy atom. The molecule has 0 aliphatic rings. The van der Waals surface area contributed by atoms with E-state index in [1.54, 1.807) is 36.2 Å². The van der Waals surface area contributed by atoms with Gasteiger partial charge >= 0.3 is 0 Å².